The van der Waals surface area contributed by atoms with Gasteiger partial charge in [0.05, 0.1) is 21.9 Å². The number of aromatic nitrogens is 2. The number of nitrogens with one attached hydrogen (secondary N) is 1. The number of hydrogen-bond donors (Lipinski definition) is 1. The third kappa shape index (κ3) is 2.55. The molecule has 0 saturated heterocycles. The van der Waals surface area contributed by atoms with E-state index in [0.29, 0.717) is 17.4 Å². The maximum atomic E-state index is 12.0. The van der Waals surface area contributed by atoms with Gasteiger partial charge in [0.25, 0.3) is 0 Å². The highest BCUT2D eigenvalue weighted by Gasteiger charge is 2.21. The van der Waals surface area contributed by atoms with Gasteiger partial charge in [-0.3, -0.25) is 4.79 Å². The van der Waals surface area contributed by atoms with Gasteiger partial charge in [-0.05, 0) is 26.0 Å². The van der Waals surface area contributed by atoms with Crippen LogP contribution in [0.1, 0.15) is 25.7 Å². The Kier molecular flexibility index (Phi) is 4.32. The van der Waals surface area contributed by atoms with Gasteiger partial charge < -0.3 is 9.88 Å². The van der Waals surface area contributed by atoms with Crippen LogP contribution in [0.25, 0.3) is 11.0 Å². The maximum absolute atomic E-state index is 12.0. The van der Waals surface area contributed by atoms with Gasteiger partial charge in [-0.2, -0.15) is 0 Å². The number of imidazole rings is 1. The second kappa shape index (κ2) is 5.80. The highest BCUT2D eigenvalue weighted by Crippen LogP contribution is 2.28. The molecule has 2 aromatic rings. The van der Waals surface area contributed by atoms with Crippen molar-refractivity contribution in [2.75, 3.05) is 6.54 Å². The van der Waals surface area contributed by atoms with Gasteiger partial charge in [0, 0.05) is 6.54 Å². The van der Waals surface area contributed by atoms with Crippen LogP contribution in [0.5, 0.6) is 0 Å². The van der Waals surface area contributed by atoms with E-state index >= 15 is 0 Å². The molecule has 0 aliphatic rings. The molecule has 0 saturated carbocycles. The van der Waals surface area contributed by atoms with Crippen molar-refractivity contribution in [3.8, 4) is 0 Å². The van der Waals surface area contributed by atoms with Gasteiger partial charge in [0.2, 0.25) is 5.91 Å². The number of alkyl halides is 1. The van der Waals surface area contributed by atoms with Crippen LogP contribution in [0.4, 0.5) is 0 Å². The summed E-state index contributed by atoms with van der Waals surface area (Å²) in [4.78, 5) is 16.4. The van der Waals surface area contributed by atoms with Crippen molar-refractivity contribution >= 4 is 40.1 Å². The summed E-state index contributed by atoms with van der Waals surface area (Å²) < 4.78 is 1.80. The molecular formula is C13H15Cl2N3O. The van der Waals surface area contributed by atoms with Crippen molar-refractivity contribution in [2.45, 2.75) is 25.8 Å². The molecule has 6 heteroatoms. The lowest BCUT2D eigenvalue weighted by atomic mass is 10.2. The summed E-state index contributed by atoms with van der Waals surface area (Å²) in [5, 5.41) is 3.36. The number of nitrogens with zero attached hydrogens (tertiary/aromatic N) is 2. The quantitative estimate of drug-likeness (QED) is 0.882. The lowest BCUT2D eigenvalue weighted by molar-refractivity contribution is -0.123. The molecule has 1 aromatic heterocycles. The first-order valence-corrected chi connectivity index (χ1v) is 7.00. The van der Waals surface area contributed by atoms with Crippen LogP contribution in [0, 0.1) is 0 Å². The Morgan fingerprint density at radius 3 is 2.89 bits per heavy atom. The second-order valence-electron chi connectivity index (χ2n) is 4.21. The zero-order valence-corrected chi connectivity index (χ0v) is 12.3. The fraction of sp³-hybridized carbons (Fsp3) is 0.385. The van der Waals surface area contributed by atoms with Crippen LogP contribution in [-0.4, -0.2) is 22.0 Å². The minimum atomic E-state index is -0.404. The molecule has 1 aromatic carbocycles. The van der Waals surface area contributed by atoms with E-state index in [1.54, 1.807) is 10.6 Å². The zero-order valence-electron chi connectivity index (χ0n) is 10.8. The number of benzene rings is 1. The predicted molar refractivity (Wildman–Crippen MR) is 77.7 cm³/mol. The van der Waals surface area contributed by atoms with Gasteiger partial charge in [0.15, 0.2) is 0 Å². The molecule has 0 bridgehead atoms. The van der Waals surface area contributed by atoms with E-state index in [1.807, 2.05) is 26.0 Å². The largest absolute Gasteiger partial charge is 0.355 e. The Morgan fingerprint density at radius 2 is 2.26 bits per heavy atom. The molecule has 1 unspecified atom stereocenters. The lowest BCUT2D eigenvalue weighted by Gasteiger charge is -2.16. The third-order valence-corrected chi connectivity index (χ3v) is 3.52. The van der Waals surface area contributed by atoms with Crippen LogP contribution in [0.3, 0.4) is 0 Å². The number of likely N-dealkylation sites (N-methyl/N-ethyl adjacent to an activating group) is 1. The minimum absolute atomic E-state index is 0.0758. The molecule has 4 nitrogen and oxygen atoms in total. The monoisotopic (exact) mass is 299 g/mol. The van der Waals surface area contributed by atoms with Crippen molar-refractivity contribution in [1.29, 1.82) is 0 Å². The van der Waals surface area contributed by atoms with Crippen molar-refractivity contribution in [1.82, 2.24) is 14.9 Å². The minimum Gasteiger partial charge on any atom is -0.355 e. The van der Waals surface area contributed by atoms with Crippen molar-refractivity contribution in [3.63, 3.8) is 0 Å². The molecule has 2 rings (SSSR count). The highest BCUT2D eigenvalue weighted by atomic mass is 35.5. The zero-order chi connectivity index (χ0) is 14.0. The number of halogens is 2. The molecule has 0 fully saturated rings. The Hall–Kier alpha value is -1.26. The lowest BCUT2D eigenvalue weighted by Crippen LogP contribution is -2.31. The van der Waals surface area contributed by atoms with Gasteiger partial charge >= 0.3 is 0 Å². The molecule has 0 aliphatic carbocycles. The van der Waals surface area contributed by atoms with E-state index in [0.717, 1.165) is 11.0 Å². The van der Waals surface area contributed by atoms with Crippen LogP contribution < -0.4 is 5.32 Å². The first-order chi connectivity index (χ1) is 9.10. The summed E-state index contributed by atoms with van der Waals surface area (Å²) in [6.45, 7) is 4.28. The Labute approximate surface area is 121 Å². The normalized spacial score (nSPS) is 12.6. The fourth-order valence-corrected chi connectivity index (χ4v) is 2.55. The van der Waals surface area contributed by atoms with Gasteiger partial charge in [0.1, 0.15) is 11.9 Å². The van der Waals surface area contributed by atoms with Gasteiger partial charge in [-0.1, -0.05) is 17.7 Å². The van der Waals surface area contributed by atoms with Gasteiger partial charge in [-0.25, -0.2) is 4.98 Å². The average Bonchev–Trinajstić information content (AvgIpc) is 2.78. The van der Waals surface area contributed by atoms with E-state index in [4.69, 9.17) is 23.2 Å². The van der Waals surface area contributed by atoms with Crippen LogP contribution in [-0.2, 0) is 10.7 Å². The van der Waals surface area contributed by atoms with Crippen LogP contribution in [0.2, 0.25) is 5.02 Å². The smallest absolute Gasteiger partial charge is 0.242 e. The number of rotatable bonds is 4. The summed E-state index contributed by atoms with van der Waals surface area (Å²) in [5.41, 5.74) is 1.50. The number of fused-ring (bicyclic) bond motifs is 1. The fourth-order valence-electron chi connectivity index (χ4n) is 2.11. The number of carbonyl (C=O) groups is 1. The summed E-state index contributed by atoms with van der Waals surface area (Å²) in [5.74, 6) is 0.797. The molecule has 1 amide bonds. The number of amides is 1. The number of hydrogen-bond acceptors (Lipinski definition) is 2. The SMILES string of the molecule is CCNC(=O)C(C)n1c(CCl)nc2cccc(Cl)c21. The Bertz CT molecular complexity index is 609. The molecule has 1 atom stereocenters. The number of para-hydroxylation sites is 1. The average molecular weight is 300 g/mol. The summed E-state index contributed by atoms with van der Waals surface area (Å²) in [7, 11) is 0. The van der Waals surface area contributed by atoms with Crippen LogP contribution >= 0.6 is 23.2 Å². The molecule has 0 aliphatic heterocycles. The van der Waals surface area contributed by atoms with E-state index < -0.39 is 6.04 Å². The van der Waals surface area contributed by atoms with E-state index in [1.165, 1.54) is 0 Å². The first-order valence-electron chi connectivity index (χ1n) is 6.09. The van der Waals surface area contributed by atoms with Crippen molar-refractivity contribution < 1.29 is 4.79 Å². The highest BCUT2D eigenvalue weighted by molar-refractivity contribution is 6.35. The molecular weight excluding hydrogens is 285 g/mol. The topological polar surface area (TPSA) is 46.9 Å². The molecule has 1 N–H and O–H groups in total. The van der Waals surface area contributed by atoms with Gasteiger partial charge in [-0.15, -0.1) is 11.6 Å². The summed E-state index contributed by atoms with van der Waals surface area (Å²) in [6, 6.07) is 5.07. The Morgan fingerprint density at radius 1 is 1.53 bits per heavy atom. The van der Waals surface area contributed by atoms with E-state index in [2.05, 4.69) is 10.3 Å². The van der Waals surface area contributed by atoms with E-state index in [9.17, 15) is 4.79 Å². The van der Waals surface area contributed by atoms with Crippen molar-refractivity contribution in [2.24, 2.45) is 0 Å². The molecule has 1 heterocycles. The molecule has 0 radical (unpaired) electrons. The van der Waals surface area contributed by atoms with E-state index in [-0.39, 0.29) is 11.8 Å². The summed E-state index contributed by atoms with van der Waals surface area (Å²) >= 11 is 12.1. The third-order valence-electron chi connectivity index (χ3n) is 2.97. The van der Waals surface area contributed by atoms with Crippen LogP contribution in [0.15, 0.2) is 18.2 Å². The second-order valence-corrected chi connectivity index (χ2v) is 4.88. The van der Waals surface area contributed by atoms with Crippen molar-refractivity contribution in [3.05, 3.63) is 29.0 Å². The first kappa shape index (κ1) is 14.2. The maximum Gasteiger partial charge on any atom is 0.242 e. The Balaban J connectivity index is 2.60. The number of carbonyl (C=O) groups excluding carboxylic acids is 1. The predicted octanol–water partition coefficient (Wildman–Crippen LogP) is 3.13. The molecule has 19 heavy (non-hydrogen) atoms. The standard InChI is InChI=1S/C13H15Cl2N3O/c1-3-16-13(19)8(2)18-11(7-14)17-10-6-4-5-9(15)12(10)18/h4-6,8H,3,7H2,1-2H3,(H,16,19). The summed E-state index contributed by atoms with van der Waals surface area (Å²) in [6.07, 6.45) is 0. The molecule has 102 valence electrons. The molecule has 0 spiro atoms.